The van der Waals surface area contributed by atoms with Gasteiger partial charge in [-0.25, -0.2) is 13.1 Å². The Balaban J connectivity index is 2.70. The van der Waals surface area contributed by atoms with E-state index in [2.05, 4.69) is 10.0 Å². The Bertz CT molecular complexity index is 545. The summed E-state index contributed by atoms with van der Waals surface area (Å²) in [6.45, 7) is 1.71. The van der Waals surface area contributed by atoms with Crippen LogP contribution in [-0.2, 0) is 19.6 Å². The molecule has 1 aromatic rings. The number of sulfonamides is 1. The molecule has 2 N–H and O–H groups in total. The molecule has 1 unspecified atom stereocenters. The number of amides is 1. The highest BCUT2D eigenvalue weighted by Gasteiger charge is 2.15. The van der Waals surface area contributed by atoms with Gasteiger partial charge in [-0.15, -0.1) is 11.6 Å². The molecule has 0 aliphatic rings. The summed E-state index contributed by atoms with van der Waals surface area (Å²) in [5.41, 5.74) is 0.533. The molecule has 0 aliphatic carbocycles. The van der Waals surface area contributed by atoms with Crippen LogP contribution in [0.25, 0.3) is 0 Å². The van der Waals surface area contributed by atoms with Crippen molar-refractivity contribution in [2.45, 2.75) is 17.2 Å². The van der Waals surface area contributed by atoms with Crippen LogP contribution in [0, 0.1) is 0 Å². The number of carbonyl (C=O) groups is 1. The van der Waals surface area contributed by atoms with Crippen molar-refractivity contribution in [3.63, 3.8) is 0 Å². The first-order valence-corrected chi connectivity index (χ1v) is 7.77. The quantitative estimate of drug-likeness (QED) is 0.739. The molecule has 0 spiro atoms. The van der Waals surface area contributed by atoms with Gasteiger partial charge in [0.2, 0.25) is 15.9 Å². The maximum atomic E-state index is 12.0. The van der Waals surface area contributed by atoms with Gasteiger partial charge in [0.25, 0.3) is 0 Å². The molecule has 112 valence electrons. The fourth-order valence-electron chi connectivity index (χ4n) is 1.44. The van der Waals surface area contributed by atoms with Gasteiger partial charge in [0.1, 0.15) is 0 Å². The number of alkyl halides is 1. The third-order valence-corrected chi connectivity index (χ3v) is 4.05. The Morgan fingerprint density at radius 2 is 1.95 bits per heavy atom. The van der Waals surface area contributed by atoms with Gasteiger partial charge in [-0.2, -0.15) is 0 Å². The third-order valence-electron chi connectivity index (χ3n) is 2.33. The van der Waals surface area contributed by atoms with E-state index in [-0.39, 0.29) is 24.0 Å². The second-order valence-corrected chi connectivity index (χ2v) is 6.49. The minimum Gasteiger partial charge on any atom is -0.383 e. The van der Waals surface area contributed by atoms with Gasteiger partial charge in [0, 0.05) is 26.3 Å². The molecule has 6 nitrogen and oxygen atoms in total. The number of nitrogens with one attached hydrogen (secondary N) is 2. The summed E-state index contributed by atoms with van der Waals surface area (Å²) in [5, 5.41) is 2.12. The Morgan fingerprint density at radius 1 is 1.35 bits per heavy atom. The van der Waals surface area contributed by atoms with Gasteiger partial charge < -0.3 is 10.1 Å². The van der Waals surface area contributed by atoms with Crippen LogP contribution in [0.1, 0.15) is 6.92 Å². The first-order valence-electron chi connectivity index (χ1n) is 5.85. The lowest BCUT2D eigenvalue weighted by Gasteiger charge is -2.11. The molecule has 0 fully saturated rings. The van der Waals surface area contributed by atoms with Gasteiger partial charge in [-0.05, 0) is 24.3 Å². The van der Waals surface area contributed by atoms with E-state index < -0.39 is 15.4 Å². The standard InChI is InChI=1S/C12H17ClN2O4S/c1-9(16)15-11-3-5-12(6-4-11)20(17,18)14-7-10(13)8-19-2/h3-6,10,14H,7-8H2,1-2H3,(H,15,16). The summed E-state index contributed by atoms with van der Waals surface area (Å²) >= 11 is 5.86. The minimum absolute atomic E-state index is 0.0746. The molecule has 8 heteroatoms. The third kappa shape index (κ3) is 5.46. The zero-order valence-electron chi connectivity index (χ0n) is 11.2. The Morgan fingerprint density at radius 3 is 2.45 bits per heavy atom. The molecule has 20 heavy (non-hydrogen) atoms. The smallest absolute Gasteiger partial charge is 0.240 e. The van der Waals surface area contributed by atoms with Crippen LogP contribution >= 0.6 is 11.6 Å². The number of ether oxygens (including phenoxy) is 1. The maximum Gasteiger partial charge on any atom is 0.240 e. The molecule has 1 amide bonds. The van der Waals surface area contributed by atoms with Crippen LogP contribution in [0.5, 0.6) is 0 Å². The van der Waals surface area contributed by atoms with Crippen molar-refractivity contribution in [3.8, 4) is 0 Å². The summed E-state index contributed by atoms with van der Waals surface area (Å²) in [7, 11) is -2.13. The molecule has 0 aromatic heterocycles. The van der Waals surface area contributed by atoms with Gasteiger partial charge >= 0.3 is 0 Å². The molecule has 1 aromatic carbocycles. The first kappa shape index (κ1) is 16.9. The molecule has 1 atom stereocenters. The lowest BCUT2D eigenvalue weighted by Crippen LogP contribution is -2.31. The molecule has 0 heterocycles. The molecule has 0 bridgehead atoms. The van der Waals surface area contributed by atoms with Gasteiger partial charge in [-0.3, -0.25) is 4.79 Å². The average Bonchev–Trinajstić information content (AvgIpc) is 2.37. The van der Waals surface area contributed by atoms with E-state index in [0.717, 1.165) is 0 Å². The van der Waals surface area contributed by atoms with Gasteiger partial charge in [0.15, 0.2) is 0 Å². The lowest BCUT2D eigenvalue weighted by molar-refractivity contribution is -0.114. The summed E-state index contributed by atoms with van der Waals surface area (Å²) < 4.78 is 31.2. The minimum atomic E-state index is -3.62. The normalized spacial score (nSPS) is 12.9. The first-order chi connectivity index (χ1) is 9.35. The van der Waals surface area contributed by atoms with E-state index >= 15 is 0 Å². The molecule has 0 saturated heterocycles. The maximum absolute atomic E-state index is 12.0. The number of hydrogen-bond donors (Lipinski definition) is 2. The van der Waals surface area contributed by atoms with Crippen molar-refractivity contribution in [3.05, 3.63) is 24.3 Å². The van der Waals surface area contributed by atoms with Crippen LogP contribution in [0.2, 0.25) is 0 Å². The second-order valence-electron chi connectivity index (χ2n) is 4.11. The molecular formula is C12H17ClN2O4S. The summed E-state index contributed by atoms with van der Waals surface area (Å²) in [4.78, 5) is 11.0. The molecule has 1 rings (SSSR count). The van der Waals surface area contributed by atoms with E-state index in [9.17, 15) is 13.2 Å². The summed E-state index contributed by atoms with van der Waals surface area (Å²) in [6.07, 6.45) is 0. The second kappa shape index (κ2) is 7.58. The van der Waals surface area contributed by atoms with E-state index in [0.29, 0.717) is 5.69 Å². The number of halogens is 1. The summed E-state index contributed by atoms with van der Waals surface area (Å²) in [5.74, 6) is -0.219. The van der Waals surface area contributed by atoms with Crippen molar-refractivity contribution in [1.29, 1.82) is 0 Å². The Labute approximate surface area is 123 Å². The molecule has 0 saturated carbocycles. The number of hydrogen-bond acceptors (Lipinski definition) is 4. The Hall–Kier alpha value is -1.15. The van der Waals surface area contributed by atoms with Crippen molar-refractivity contribution in [1.82, 2.24) is 4.72 Å². The monoisotopic (exact) mass is 320 g/mol. The van der Waals surface area contributed by atoms with E-state index in [4.69, 9.17) is 16.3 Å². The predicted molar refractivity (Wildman–Crippen MR) is 77.5 cm³/mol. The molecule has 0 radical (unpaired) electrons. The number of methoxy groups -OCH3 is 1. The van der Waals surface area contributed by atoms with E-state index in [1.165, 1.54) is 38.3 Å². The van der Waals surface area contributed by atoms with E-state index in [1.54, 1.807) is 0 Å². The fraction of sp³-hybridized carbons (Fsp3) is 0.417. The largest absolute Gasteiger partial charge is 0.383 e. The van der Waals surface area contributed by atoms with Crippen LogP contribution in [0.3, 0.4) is 0 Å². The zero-order valence-corrected chi connectivity index (χ0v) is 12.8. The zero-order chi connectivity index (χ0) is 15.2. The van der Waals surface area contributed by atoms with Crippen LogP contribution in [-0.4, -0.2) is 40.0 Å². The SMILES string of the molecule is COCC(Cl)CNS(=O)(=O)c1ccc(NC(C)=O)cc1. The number of anilines is 1. The highest BCUT2D eigenvalue weighted by molar-refractivity contribution is 7.89. The van der Waals surface area contributed by atoms with Gasteiger partial charge in [0.05, 0.1) is 16.9 Å². The van der Waals surface area contributed by atoms with E-state index in [1.807, 2.05) is 0 Å². The highest BCUT2D eigenvalue weighted by Crippen LogP contribution is 2.14. The fourth-order valence-corrected chi connectivity index (χ4v) is 2.82. The number of carbonyl (C=O) groups excluding carboxylic acids is 1. The van der Waals surface area contributed by atoms with Crippen LogP contribution < -0.4 is 10.0 Å². The lowest BCUT2D eigenvalue weighted by atomic mass is 10.3. The highest BCUT2D eigenvalue weighted by atomic mass is 35.5. The molecule has 0 aliphatic heterocycles. The predicted octanol–water partition coefficient (Wildman–Crippen LogP) is 1.18. The Kier molecular flexibility index (Phi) is 6.41. The molecular weight excluding hydrogens is 304 g/mol. The number of rotatable bonds is 7. The van der Waals surface area contributed by atoms with Crippen molar-refractivity contribution in [2.24, 2.45) is 0 Å². The van der Waals surface area contributed by atoms with Crippen molar-refractivity contribution < 1.29 is 17.9 Å². The van der Waals surface area contributed by atoms with Crippen molar-refractivity contribution >= 4 is 33.2 Å². The number of benzene rings is 1. The van der Waals surface area contributed by atoms with Crippen LogP contribution in [0.15, 0.2) is 29.2 Å². The van der Waals surface area contributed by atoms with Gasteiger partial charge in [-0.1, -0.05) is 0 Å². The van der Waals surface area contributed by atoms with Crippen molar-refractivity contribution in [2.75, 3.05) is 25.6 Å². The topological polar surface area (TPSA) is 84.5 Å². The summed E-state index contributed by atoms with van der Waals surface area (Å²) in [6, 6.07) is 5.85. The average molecular weight is 321 g/mol. The van der Waals surface area contributed by atoms with Crippen LogP contribution in [0.4, 0.5) is 5.69 Å².